The van der Waals surface area contributed by atoms with E-state index in [9.17, 15) is 4.79 Å². The van der Waals surface area contributed by atoms with E-state index in [1.807, 2.05) is 19.9 Å². The minimum atomic E-state index is 0.0403. The van der Waals surface area contributed by atoms with Gasteiger partial charge in [0, 0.05) is 22.6 Å². The quantitative estimate of drug-likeness (QED) is 0.652. The summed E-state index contributed by atoms with van der Waals surface area (Å²) in [5.41, 5.74) is 3.86. The lowest BCUT2D eigenvalue weighted by molar-refractivity contribution is -0.117. The fraction of sp³-hybridized carbons (Fsp3) is 0.450. The summed E-state index contributed by atoms with van der Waals surface area (Å²) in [6.07, 6.45) is 10.3. The summed E-state index contributed by atoms with van der Waals surface area (Å²) in [5.74, 6) is 0.245. The first kappa shape index (κ1) is 16.4. The molecule has 1 heterocycles. The molecule has 0 unspecified atom stereocenters. The second-order valence-electron chi connectivity index (χ2n) is 6.74. The van der Waals surface area contributed by atoms with Crippen molar-refractivity contribution in [3.05, 3.63) is 46.6 Å². The third-order valence-corrected chi connectivity index (χ3v) is 5.49. The molecule has 1 aromatic carbocycles. The van der Waals surface area contributed by atoms with E-state index < -0.39 is 0 Å². The molecular weight excluding hydrogens is 302 g/mol. The fourth-order valence-corrected chi connectivity index (χ4v) is 4.26. The summed E-state index contributed by atoms with van der Waals surface area (Å²) in [5, 5.41) is 1.07. The van der Waals surface area contributed by atoms with Crippen LogP contribution in [0.15, 0.2) is 46.0 Å². The molecule has 0 N–H and O–H groups in total. The molecule has 1 aliphatic heterocycles. The summed E-state index contributed by atoms with van der Waals surface area (Å²) in [4.78, 5) is 15.9. The monoisotopic (exact) mass is 327 g/mol. The molecule has 0 bridgehead atoms. The van der Waals surface area contributed by atoms with Gasteiger partial charge in [0.2, 0.25) is 0 Å². The molecule has 122 valence electrons. The van der Waals surface area contributed by atoms with E-state index in [1.165, 1.54) is 41.1 Å². The summed E-state index contributed by atoms with van der Waals surface area (Å²) < 4.78 is 0. The fourth-order valence-electron chi connectivity index (χ4n) is 3.04. The number of aryl methyl sites for hydroxylation is 1. The topological polar surface area (TPSA) is 20.3 Å². The SMILES string of the molecule is Cc1ccc2c(c1)S/C(=C\C(=O)C(C)C)N2C1=CCCCCC1. The Hall–Kier alpha value is -1.48. The van der Waals surface area contributed by atoms with Crippen molar-refractivity contribution < 1.29 is 4.79 Å². The Kier molecular flexibility index (Phi) is 4.96. The molecule has 0 radical (unpaired) electrons. The minimum Gasteiger partial charge on any atom is -0.307 e. The highest BCUT2D eigenvalue weighted by Gasteiger charge is 2.29. The maximum absolute atomic E-state index is 12.3. The lowest BCUT2D eigenvalue weighted by atomic mass is 10.1. The van der Waals surface area contributed by atoms with Gasteiger partial charge in [0.05, 0.1) is 10.7 Å². The van der Waals surface area contributed by atoms with Crippen molar-refractivity contribution in [2.45, 2.75) is 57.8 Å². The van der Waals surface area contributed by atoms with Gasteiger partial charge in [0.25, 0.3) is 0 Å². The van der Waals surface area contributed by atoms with Crippen LogP contribution in [0, 0.1) is 12.8 Å². The van der Waals surface area contributed by atoms with Gasteiger partial charge in [-0.25, -0.2) is 0 Å². The number of allylic oxidation sites excluding steroid dienone is 3. The lowest BCUT2D eigenvalue weighted by Crippen LogP contribution is -2.18. The van der Waals surface area contributed by atoms with Crippen LogP contribution in [0.3, 0.4) is 0 Å². The smallest absolute Gasteiger partial charge is 0.160 e. The number of thioether (sulfide) groups is 1. The second-order valence-corrected chi connectivity index (χ2v) is 7.81. The summed E-state index contributed by atoms with van der Waals surface area (Å²) >= 11 is 1.73. The number of carbonyl (C=O) groups is 1. The molecule has 0 atom stereocenters. The maximum Gasteiger partial charge on any atom is 0.160 e. The van der Waals surface area contributed by atoms with Gasteiger partial charge in [-0.15, -0.1) is 0 Å². The third-order valence-electron chi connectivity index (χ3n) is 4.43. The van der Waals surface area contributed by atoms with Crippen LogP contribution in [-0.4, -0.2) is 5.78 Å². The minimum absolute atomic E-state index is 0.0403. The molecule has 2 nitrogen and oxygen atoms in total. The largest absolute Gasteiger partial charge is 0.307 e. The first-order chi connectivity index (χ1) is 11.1. The Bertz CT molecular complexity index is 672. The van der Waals surface area contributed by atoms with Crippen LogP contribution in [0.5, 0.6) is 0 Å². The average molecular weight is 327 g/mol. The molecular formula is C20H25NOS. The maximum atomic E-state index is 12.3. The zero-order chi connectivity index (χ0) is 16.4. The van der Waals surface area contributed by atoms with Crippen molar-refractivity contribution >= 4 is 23.2 Å². The van der Waals surface area contributed by atoms with Crippen molar-refractivity contribution in [2.75, 3.05) is 4.90 Å². The van der Waals surface area contributed by atoms with Crippen LogP contribution in [0.4, 0.5) is 5.69 Å². The molecule has 23 heavy (non-hydrogen) atoms. The summed E-state index contributed by atoms with van der Waals surface area (Å²) in [6.45, 7) is 6.05. The highest BCUT2D eigenvalue weighted by molar-refractivity contribution is 8.03. The molecule has 0 amide bonds. The molecule has 2 aliphatic rings. The summed E-state index contributed by atoms with van der Waals surface area (Å²) in [7, 11) is 0. The molecule has 1 aliphatic carbocycles. The number of benzene rings is 1. The second kappa shape index (κ2) is 6.96. The van der Waals surface area contributed by atoms with Crippen LogP contribution in [-0.2, 0) is 4.79 Å². The zero-order valence-corrected chi connectivity index (χ0v) is 15.1. The molecule has 3 rings (SSSR count). The zero-order valence-electron chi connectivity index (χ0n) is 14.3. The van der Waals surface area contributed by atoms with Crippen LogP contribution < -0.4 is 4.90 Å². The van der Waals surface area contributed by atoms with Gasteiger partial charge in [0.15, 0.2) is 5.78 Å². The van der Waals surface area contributed by atoms with Gasteiger partial charge in [-0.2, -0.15) is 0 Å². The van der Waals surface area contributed by atoms with Crippen molar-refractivity contribution in [1.29, 1.82) is 0 Å². The van der Waals surface area contributed by atoms with Crippen LogP contribution >= 0.6 is 11.8 Å². The third kappa shape index (κ3) is 3.55. The first-order valence-corrected chi connectivity index (χ1v) is 9.41. The van der Waals surface area contributed by atoms with Gasteiger partial charge in [0.1, 0.15) is 0 Å². The number of carbonyl (C=O) groups excluding carboxylic acids is 1. The number of hydrogen-bond donors (Lipinski definition) is 0. The molecule has 3 heteroatoms. The van der Waals surface area contributed by atoms with E-state index in [1.54, 1.807) is 11.8 Å². The molecule has 0 aromatic heterocycles. The standard InChI is InChI=1S/C20H25NOS/c1-14(2)18(22)13-20-21(16-8-6-4-5-7-9-16)17-11-10-15(3)12-19(17)23-20/h8,10-14H,4-7,9H2,1-3H3/b20-13-. The van der Waals surface area contributed by atoms with Gasteiger partial charge < -0.3 is 4.90 Å². The van der Waals surface area contributed by atoms with Crippen molar-refractivity contribution in [2.24, 2.45) is 5.92 Å². The Balaban J connectivity index is 2.02. The average Bonchev–Trinajstić information content (AvgIpc) is 2.69. The molecule has 0 spiro atoms. The van der Waals surface area contributed by atoms with Crippen LogP contribution in [0.2, 0.25) is 0 Å². The predicted molar refractivity (Wildman–Crippen MR) is 98.6 cm³/mol. The van der Waals surface area contributed by atoms with E-state index in [-0.39, 0.29) is 11.7 Å². The van der Waals surface area contributed by atoms with E-state index in [2.05, 4.69) is 36.1 Å². The summed E-state index contributed by atoms with van der Waals surface area (Å²) in [6, 6.07) is 6.59. The first-order valence-electron chi connectivity index (χ1n) is 8.59. The van der Waals surface area contributed by atoms with Gasteiger partial charge in [-0.05, 0) is 50.3 Å². The molecule has 0 saturated carbocycles. The predicted octanol–water partition coefficient (Wildman–Crippen LogP) is 5.82. The van der Waals surface area contributed by atoms with Gasteiger partial charge >= 0.3 is 0 Å². The lowest BCUT2D eigenvalue weighted by Gasteiger charge is -2.24. The Morgan fingerprint density at radius 3 is 2.87 bits per heavy atom. The van der Waals surface area contributed by atoms with Crippen LogP contribution in [0.25, 0.3) is 0 Å². The Morgan fingerprint density at radius 2 is 2.09 bits per heavy atom. The van der Waals surface area contributed by atoms with E-state index in [4.69, 9.17) is 0 Å². The van der Waals surface area contributed by atoms with Gasteiger partial charge in [-0.3, -0.25) is 4.79 Å². The number of nitrogens with zero attached hydrogens (tertiary/aromatic N) is 1. The van der Waals surface area contributed by atoms with E-state index >= 15 is 0 Å². The Labute approximate surface area is 143 Å². The highest BCUT2D eigenvalue weighted by Crippen LogP contribution is 2.49. The molecule has 0 fully saturated rings. The van der Waals surface area contributed by atoms with E-state index in [0.29, 0.717) is 0 Å². The van der Waals surface area contributed by atoms with Crippen LogP contribution in [0.1, 0.15) is 51.5 Å². The number of fused-ring (bicyclic) bond motifs is 1. The van der Waals surface area contributed by atoms with Gasteiger partial charge in [-0.1, -0.05) is 44.2 Å². The number of hydrogen-bond acceptors (Lipinski definition) is 3. The van der Waals surface area contributed by atoms with Crippen molar-refractivity contribution in [3.63, 3.8) is 0 Å². The highest BCUT2D eigenvalue weighted by atomic mass is 32.2. The molecule has 1 aromatic rings. The van der Waals surface area contributed by atoms with E-state index in [0.717, 1.165) is 17.9 Å². The molecule has 0 saturated heterocycles. The van der Waals surface area contributed by atoms with Crippen molar-refractivity contribution in [1.82, 2.24) is 0 Å². The number of anilines is 1. The van der Waals surface area contributed by atoms with Crippen molar-refractivity contribution in [3.8, 4) is 0 Å². The number of ketones is 1. The number of rotatable bonds is 3. The Morgan fingerprint density at radius 1 is 1.26 bits per heavy atom. The normalized spacial score (nSPS) is 19.7.